The van der Waals surface area contributed by atoms with Gasteiger partial charge in [-0.1, -0.05) is 50.8 Å². The van der Waals surface area contributed by atoms with E-state index in [1.54, 1.807) is 0 Å². The van der Waals surface area contributed by atoms with Gasteiger partial charge in [0.05, 0.1) is 6.61 Å². The number of ether oxygens (including phenoxy) is 1. The first kappa shape index (κ1) is 11.6. The molecule has 1 rings (SSSR count). The van der Waals surface area contributed by atoms with Gasteiger partial charge in [-0.15, -0.1) is 0 Å². The molecule has 1 heteroatoms. The highest BCUT2D eigenvalue weighted by Gasteiger charge is 2.03. The first-order valence-corrected chi connectivity index (χ1v) is 5.34. The topological polar surface area (TPSA) is 9.23 Å². The van der Waals surface area contributed by atoms with E-state index in [2.05, 4.69) is 20.1 Å². The van der Waals surface area contributed by atoms with Crippen molar-refractivity contribution in [2.45, 2.75) is 19.8 Å². The Hall–Kier alpha value is -1.50. The van der Waals surface area contributed by atoms with Crippen LogP contribution in [0.5, 0.6) is 5.75 Å². The zero-order valence-corrected chi connectivity index (χ0v) is 9.33. The predicted octanol–water partition coefficient (Wildman–Crippen LogP) is 4.15. The van der Waals surface area contributed by atoms with Gasteiger partial charge in [0.25, 0.3) is 0 Å². The van der Waals surface area contributed by atoms with E-state index >= 15 is 0 Å². The SMILES string of the molecule is C=Cc1cccc(OCCCC)c1C=C. The van der Waals surface area contributed by atoms with E-state index in [1.165, 1.54) is 0 Å². The molecule has 80 valence electrons. The molecule has 0 fully saturated rings. The molecule has 0 aromatic heterocycles. The summed E-state index contributed by atoms with van der Waals surface area (Å²) in [5, 5.41) is 0. The van der Waals surface area contributed by atoms with Crippen LogP contribution in [0.25, 0.3) is 12.2 Å². The fourth-order valence-corrected chi connectivity index (χ4v) is 1.41. The molecule has 0 unspecified atom stereocenters. The van der Waals surface area contributed by atoms with Crippen molar-refractivity contribution in [1.82, 2.24) is 0 Å². The molecule has 0 atom stereocenters. The predicted molar refractivity (Wildman–Crippen MR) is 67.0 cm³/mol. The average Bonchev–Trinajstić information content (AvgIpc) is 2.29. The van der Waals surface area contributed by atoms with Crippen LogP contribution in [-0.4, -0.2) is 6.61 Å². The van der Waals surface area contributed by atoms with E-state index in [-0.39, 0.29) is 0 Å². The van der Waals surface area contributed by atoms with Gasteiger partial charge in [-0.2, -0.15) is 0 Å². The van der Waals surface area contributed by atoms with Gasteiger partial charge in [0.2, 0.25) is 0 Å². The van der Waals surface area contributed by atoms with Gasteiger partial charge in [0.1, 0.15) is 5.75 Å². The van der Waals surface area contributed by atoms with Gasteiger partial charge in [-0.05, 0) is 18.1 Å². The first-order valence-electron chi connectivity index (χ1n) is 5.34. The monoisotopic (exact) mass is 202 g/mol. The molecule has 1 aromatic rings. The molecule has 1 aromatic carbocycles. The third kappa shape index (κ3) is 2.98. The highest BCUT2D eigenvalue weighted by Crippen LogP contribution is 2.24. The number of hydrogen-bond acceptors (Lipinski definition) is 1. The van der Waals surface area contributed by atoms with Crippen molar-refractivity contribution in [2.75, 3.05) is 6.61 Å². The maximum absolute atomic E-state index is 5.69. The van der Waals surface area contributed by atoms with Crippen molar-refractivity contribution in [2.24, 2.45) is 0 Å². The summed E-state index contributed by atoms with van der Waals surface area (Å²) in [5.74, 6) is 0.899. The number of benzene rings is 1. The Labute approximate surface area is 92.1 Å². The van der Waals surface area contributed by atoms with Crippen molar-refractivity contribution in [1.29, 1.82) is 0 Å². The van der Waals surface area contributed by atoms with E-state index < -0.39 is 0 Å². The largest absolute Gasteiger partial charge is 0.493 e. The lowest BCUT2D eigenvalue weighted by atomic mass is 10.1. The summed E-state index contributed by atoms with van der Waals surface area (Å²) in [6, 6.07) is 5.96. The highest BCUT2D eigenvalue weighted by molar-refractivity contribution is 5.68. The summed E-state index contributed by atoms with van der Waals surface area (Å²) in [6.45, 7) is 10.5. The molecule has 0 aliphatic rings. The molecule has 15 heavy (non-hydrogen) atoms. The Balaban J connectivity index is 2.86. The fourth-order valence-electron chi connectivity index (χ4n) is 1.41. The van der Waals surface area contributed by atoms with E-state index in [4.69, 9.17) is 4.74 Å². The second kappa shape index (κ2) is 6.07. The maximum atomic E-state index is 5.69. The summed E-state index contributed by atoms with van der Waals surface area (Å²) in [4.78, 5) is 0. The Morgan fingerprint density at radius 3 is 2.67 bits per heavy atom. The number of hydrogen-bond donors (Lipinski definition) is 0. The van der Waals surface area contributed by atoms with Gasteiger partial charge >= 0.3 is 0 Å². The summed E-state index contributed by atoms with van der Waals surface area (Å²) in [5.41, 5.74) is 2.10. The first-order chi connectivity index (χ1) is 7.33. The smallest absolute Gasteiger partial charge is 0.127 e. The molecule has 0 bridgehead atoms. The molecule has 0 radical (unpaired) electrons. The minimum atomic E-state index is 0.762. The Morgan fingerprint density at radius 1 is 1.27 bits per heavy atom. The van der Waals surface area contributed by atoms with E-state index in [9.17, 15) is 0 Å². The highest BCUT2D eigenvalue weighted by atomic mass is 16.5. The van der Waals surface area contributed by atoms with E-state index in [0.717, 1.165) is 36.3 Å². The zero-order chi connectivity index (χ0) is 11.1. The standard InChI is InChI=1S/C14H18O/c1-4-7-11-15-14-10-8-9-12(5-2)13(14)6-3/h5-6,8-10H,2-4,7,11H2,1H3. The lowest BCUT2D eigenvalue weighted by Crippen LogP contribution is -1.98. The molecule has 1 nitrogen and oxygen atoms in total. The molecule has 0 aliphatic carbocycles. The molecule has 0 heterocycles. The van der Waals surface area contributed by atoms with E-state index in [1.807, 2.05) is 30.4 Å². The van der Waals surface area contributed by atoms with Crippen LogP contribution in [0.4, 0.5) is 0 Å². The minimum absolute atomic E-state index is 0.762. The van der Waals surface area contributed by atoms with Gasteiger partial charge in [-0.25, -0.2) is 0 Å². The van der Waals surface area contributed by atoms with Crippen LogP contribution in [0.15, 0.2) is 31.4 Å². The summed E-state index contributed by atoms with van der Waals surface area (Å²) < 4.78 is 5.69. The van der Waals surface area contributed by atoms with Gasteiger partial charge in [0.15, 0.2) is 0 Å². The van der Waals surface area contributed by atoms with Crippen LogP contribution in [-0.2, 0) is 0 Å². The van der Waals surface area contributed by atoms with Crippen LogP contribution in [0.3, 0.4) is 0 Å². The molecule has 0 spiro atoms. The molecule has 0 saturated heterocycles. The van der Waals surface area contributed by atoms with Crippen LogP contribution in [0, 0.1) is 0 Å². The summed E-state index contributed by atoms with van der Waals surface area (Å²) >= 11 is 0. The van der Waals surface area contributed by atoms with Crippen LogP contribution >= 0.6 is 0 Å². The van der Waals surface area contributed by atoms with Crippen LogP contribution in [0.2, 0.25) is 0 Å². The molecule has 0 N–H and O–H groups in total. The Bertz CT molecular complexity index is 339. The normalized spacial score (nSPS) is 9.67. The third-order valence-corrected chi connectivity index (χ3v) is 2.28. The van der Waals surface area contributed by atoms with Crippen molar-refractivity contribution in [3.8, 4) is 5.75 Å². The molecule has 0 saturated carbocycles. The Morgan fingerprint density at radius 2 is 2.07 bits per heavy atom. The van der Waals surface area contributed by atoms with Crippen molar-refractivity contribution >= 4 is 12.2 Å². The van der Waals surface area contributed by atoms with Crippen molar-refractivity contribution < 1.29 is 4.74 Å². The summed E-state index contributed by atoms with van der Waals surface area (Å²) in [6.07, 6.45) is 5.86. The van der Waals surface area contributed by atoms with Crippen molar-refractivity contribution in [3.63, 3.8) is 0 Å². The van der Waals surface area contributed by atoms with Crippen LogP contribution < -0.4 is 4.74 Å². The molecular formula is C14H18O. The second-order valence-corrected chi connectivity index (χ2v) is 3.37. The molecule has 0 amide bonds. The number of rotatable bonds is 6. The van der Waals surface area contributed by atoms with Crippen molar-refractivity contribution in [3.05, 3.63) is 42.5 Å². The molecular weight excluding hydrogens is 184 g/mol. The minimum Gasteiger partial charge on any atom is -0.493 e. The Kier molecular flexibility index (Phi) is 4.69. The quantitative estimate of drug-likeness (QED) is 0.630. The number of unbranched alkanes of at least 4 members (excludes halogenated alkanes) is 1. The van der Waals surface area contributed by atoms with Crippen LogP contribution in [0.1, 0.15) is 30.9 Å². The summed E-state index contributed by atoms with van der Waals surface area (Å²) in [7, 11) is 0. The van der Waals surface area contributed by atoms with Gasteiger partial charge < -0.3 is 4.74 Å². The molecule has 0 aliphatic heterocycles. The van der Waals surface area contributed by atoms with Gasteiger partial charge in [0, 0.05) is 5.56 Å². The third-order valence-electron chi connectivity index (χ3n) is 2.28. The van der Waals surface area contributed by atoms with E-state index in [0.29, 0.717) is 0 Å². The van der Waals surface area contributed by atoms with Gasteiger partial charge in [-0.3, -0.25) is 0 Å². The zero-order valence-electron chi connectivity index (χ0n) is 9.33. The second-order valence-electron chi connectivity index (χ2n) is 3.37. The lowest BCUT2D eigenvalue weighted by molar-refractivity contribution is 0.308. The maximum Gasteiger partial charge on any atom is 0.127 e. The average molecular weight is 202 g/mol. The lowest BCUT2D eigenvalue weighted by Gasteiger charge is -2.10. The fraction of sp³-hybridized carbons (Fsp3) is 0.286.